The number of likely N-dealkylation sites (tertiary alicyclic amines) is 1. The first kappa shape index (κ1) is 19.1. The normalized spacial score (nSPS) is 14.6. The Hall–Kier alpha value is -3.26. The molecular weight excluding hydrogens is 394 g/mol. The average Bonchev–Trinajstić information content (AvgIpc) is 2.77. The zero-order valence-corrected chi connectivity index (χ0v) is 16.2. The Labute approximate surface area is 171 Å². The lowest BCUT2D eigenvalue weighted by Crippen LogP contribution is -2.42. The van der Waals surface area contributed by atoms with Crippen molar-refractivity contribution in [3.8, 4) is 17.1 Å². The van der Waals surface area contributed by atoms with E-state index in [1.54, 1.807) is 29.7 Å². The topological polar surface area (TPSA) is 101 Å². The summed E-state index contributed by atoms with van der Waals surface area (Å²) in [5, 5.41) is 0.00132. The number of nitrogens with zero attached hydrogens (tertiary/aromatic N) is 4. The van der Waals surface area contributed by atoms with Gasteiger partial charge in [-0.15, -0.1) is 0 Å². The lowest BCUT2D eigenvalue weighted by Gasteiger charge is -2.31. The average molecular weight is 412 g/mol. The molecular formula is C20H18ClN5O3. The number of ether oxygens (including phenoxy) is 1. The molecule has 0 aliphatic carbocycles. The van der Waals surface area contributed by atoms with Crippen LogP contribution >= 0.6 is 11.6 Å². The van der Waals surface area contributed by atoms with Crippen molar-refractivity contribution in [3.05, 3.63) is 70.1 Å². The summed E-state index contributed by atoms with van der Waals surface area (Å²) in [6.45, 7) is 1.07. The number of aromatic amines is 1. The first-order valence-corrected chi connectivity index (χ1v) is 9.54. The molecule has 3 aromatic rings. The summed E-state index contributed by atoms with van der Waals surface area (Å²) >= 11 is 5.81. The van der Waals surface area contributed by atoms with Gasteiger partial charge in [0.15, 0.2) is 0 Å². The lowest BCUT2D eigenvalue weighted by atomic mass is 10.1. The Bertz CT molecular complexity index is 1050. The quantitative estimate of drug-likeness (QED) is 0.708. The number of nitrogens with one attached hydrogen (secondary N) is 1. The van der Waals surface area contributed by atoms with Crippen LogP contribution in [0.5, 0.6) is 6.01 Å². The summed E-state index contributed by atoms with van der Waals surface area (Å²) in [6.07, 6.45) is 9.52. The Morgan fingerprint density at radius 1 is 1.14 bits per heavy atom. The molecule has 3 aromatic heterocycles. The predicted molar refractivity (Wildman–Crippen MR) is 107 cm³/mol. The maximum absolute atomic E-state index is 12.6. The first-order chi connectivity index (χ1) is 14.1. The van der Waals surface area contributed by atoms with Gasteiger partial charge in [-0.3, -0.25) is 14.6 Å². The number of halogens is 1. The fourth-order valence-electron chi connectivity index (χ4n) is 3.16. The van der Waals surface area contributed by atoms with Crippen molar-refractivity contribution in [2.75, 3.05) is 13.1 Å². The molecule has 9 heteroatoms. The second-order valence-corrected chi connectivity index (χ2v) is 7.07. The summed E-state index contributed by atoms with van der Waals surface area (Å²) in [5.74, 6) is -0.167. The molecule has 1 fully saturated rings. The van der Waals surface area contributed by atoms with Crippen LogP contribution in [0.3, 0.4) is 0 Å². The standard InChI is InChI=1S/C20H18ClN5O3/c21-17-9-14(10-23-18(17)27)19(28)26-7-3-16(4-8-26)29-20-24-11-15(12-25-20)13-1-5-22-6-2-13/h1-2,5-6,9-12,16H,3-4,7-8H2,(H,23,27). The molecule has 0 spiro atoms. The summed E-state index contributed by atoms with van der Waals surface area (Å²) < 4.78 is 5.87. The van der Waals surface area contributed by atoms with Crippen LogP contribution in [0.25, 0.3) is 11.1 Å². The molecule has 0 aromatic carbocycles. The van der Waals surface area contributed by atoms with Crippen molar-refractivity contribution in [1.29, 1.82) is 0 Å². The van der Waals surface area contributed by atoms with Crippen LogP contribution in [0, 0.1) is 0 Å². The van der Waals surface area contributed by atoms with Crippen molar-refractivity contribution in [2.45, 2.75) is 18.9 Å². The van der Waals surface area contributed by atoms with E-state index in [9.17, 15) is 9.59 Å². The Kier molecular flexibility index (Phi) is 5.53. The van der Waals surface area contributed by atoms with Crippen molar-refractivity contribution in [3.63, 3.8) is 0 Å². The minimum Gasteiger partial charge on any atom is -0.460 e. The van der Waals surface area contributed by atoms with Crippen molar-refractivity contribution >= 4 is 17.5 Å². The molecule has 1 N–H and O–H groups in total. The minimum atomic E-state index is -0.412. The first-order valence-electron chi connectivity index (χ1n) is 9.17. The molecule has 1 saturated heterocycles. The van der Waals surface area contributed by atoms with E-state index in [1.165, 1.54) is 12.3 Å². The number of H-pyrrole nitrogens is 1. The van der Waals surface area contributed by atoms with E-state index in [4.69, 9.17) is 16.3 Å². The molecule has 8 nitrogen and oxygen atoms in total. The monoisotopic (exact) mass is 411 g/mol. The number of hydrogen-bond donors (Lipinski definition) is 1. The van der Waals surface area contributed by atoms with Crippen LogP contribution in [0.1, 0.15) is 23.2 Å². The third-order valence-corrected chi connectivity index (χ3v) is 5.03. The molecule has 29 heavy (non-hydrogen) atoms. The van der Waals surface area contributed by atoms with Gasteiger partial charge in [0, 0.05) is 62.5 Å². The third-order valence-electron chi connectivity index (χ3n) is 4.75. The van der Waals surface area contributed by atoms with Gasteiger partial charge in [0.2, 0.25) is 0 Å². The zero-order valence-electron chi connectivity index (χ0n) is 15.4. The number of amides is 1. The van der Waals surface area contributed by atoms with E-state index >= 15 is 0 Å². The zero-order chi connectivity index (χ0) is 20.2. The molecule has 0 bridgehead atoms. The Morgan fingerprint density at radius 3 is 2.48 bits per heavy atom. The molecule has 4 rings (SSSR count). The van der Waals surface area contributed by atoms with Gasteiger partial charge in [-0.05, 0) is 23.8 Å². The van der Waals surface area contributed by atoms with Crippen LogP contribution in [-0.4, -0.2) is 49.9 Å². The molecule has 0 saturated carbocycles. The van der Waals surface area contributed by atoms with E-state index < -0.39 is 5.56 Å². The van der Waals surface area contributed by atoms with Crippen molar-refractivity contribution < 1.29 is 9.53 Å². The van der Waals surface area contributed by atoms with Gasteiger partial charge >= 0.3 is 6.01 Å². The Morgan fingerprint density at radius 2 is 1.83 bits per heavy atom. The second kappa shape index (κ2) is 8.40. The van der Waals surface area contributed by atoms with Gasteiger partial charge in [0.1, 0.15) is 11.1 Å². The fraction of sp³-hybridized carbons (Fsp3) is 0.250. The highest BCUT2D eigenvalue weighted by atomic mass is 35.5. The van der Waals surface area contributed by atoms with E-state index in [0.29, 0.717) is 37.5 Å². The number of hydrogen-bond acceptors (Lipinski definition) is 6. The molecule has 1 aliphatic heterocycles. The molecule has 4 heterocycles. The van der Waals surface area contributed by atoms with E-state index in [0.717, 1.165) is 11.1 Å². The largest absolute Gasteiger partial charge is 0.460 e. The highest BCUT2D eigenvalue weighted by Gasteiger charge is 2.25. The predicted octanol–water partition coefficient (Wildman–Crippen LogP) is 2.56. The fourth-order valence-corrected chi connectivity index (χ4v) is 3.33. The van der Waals surface area contributed by atoms with E-state index in [-0.39, 0.29) is 17.0 Å². The molecule has 0 radical (unpaired) electrons. The van der Waals surface area contributed by atoms with Crippen LogP contribution in [0.2, 0.25) is 5.02 Å². The molecule has 0 atom stereocenters. The van der Waals surface area contributed by atoms with E-state index in [1.807, 2.05) is 12.1 Å². The van der Waals surface area contributed by atoms with Gasteiger partial charge in [-0.25, -0.2) is 9.97 Å². The second-order valence-electron chi connectivity index (χ2n) is 6.67. The summed E-state index contributed by atoms with van der Waals surface area (Å²) in [7, 11) is 0. The summed E-state index contributed by atoms with van der Waals surface area (Å²) in [6, 6.07) is 5.49. The van der Waals surface area contributed by atoms with Crippen molar-refractivity contribution in [2.24, 2.45) is 0 Å². The van der Waals surface area contributed by atoms with Gasteiger partial charge in [-0.2, -0.15) is 0 Å². The van der Waals surface area contributed by atoms with Crippen molar-refractivity contribution in [1.82, 2.24) is 24.8 Å². The van der Waals surface area contributed by atoms with Crippen LogP contribution in [0.15, 0.2) is 54.0 Å². The lowest BCUT2D eigenvalue weighted by molar-refractivity contribution is 0.0578. The van der Waals surface area contributed by atoms with Crippen LogP contribution in [-0.2, 0) is 0 Å². The smallest absolute Gasteiger partial charge is 0.316 e. The van der Waals surface area contributed by atoms with Gasteiger partial charge in [0.05, 0.1) is 5.56 Å². The summed E-state index contributed by atoms with van der Waals surface area (Å²) in [4.78, 5) is 40.7. The van der Waals surface area contributed by atoms with E-state index in [2.05, 4.69) is 19.9 Å². The van der Waals surface area contributed by atoms with Crippen LogP contribution < -0.4 is 10.3 Å². The maximum atomic E-state index is 12.6. The minimum absolute atomic E-state index is 0.00132. The molecule has 1 aliphatic rings. The summed E-state index contributed by atoms with van der Waals surface area (Å²) in [5.41, 5.74) is 1.83. The number of pyridine rings is 2. The molecule has 1 amide bonds. The number of piperidine rings is 1. The Balaban J connectivity index is 1.33. The number of carbonyl (C=O) groups excluding carboxylic acids is 1. The third kappa shape index (κ3) is 4.43. The highest BCUT2D eigenvalue weighted by molar-refractivity contribution is 6.30. The van der Waals surface area contributed by atoms with Gasteiger partial charge in [0.25, 0.3) is 11.5 Å². The maximum Gasteiger partial charge on any atom is 0.316 e. The number of aromatic nitrogens is 4. The van der Waals surface area contributed by atoms with Gasteiger partial charge < -0.3 is 14.6 Å². The highest BCUT2D eigenvalue weighted by Crippen LogP contribution is 2.20. The van der Waals surface area contributed by atoms with Crippen LogP contribution in [0.4, 0.5) is 0 Å². The molecule has 148 valence electrons. The number of carbonyl (C=O) groups is 1. The SMILES string of the molecule is O=C(c1c[nH]c(=O)c(Cl)c1)N1CCC(Oc2ncc(-c3ccncc3)cn2)CC1. The molecule has 0 unspecified atom stereocenters. The van der Waals surface area contributed by atoms with Gasteiger partial charge in [-0.1, -0.05) is 11.6 Å². The number of rotatable bonds is 4.